The smallest absolute Gasteiger partial charge is 0.229 e. The summed E-state index contributed by atoms with van der Waals surface area (Å²) in [5.41, 5.74) is 2.56. The molecule has 2 aliphatic heterocycles. The van der Waals surface area contributed by atoms with Crippen LogP contribution >= 0.6 is 0 Å². The highest BCUT2D eigenvalue weighted by Gasteiger charge is 2.20. The number of rotatable bonds is 6. The van der Waals surface area contributed by atoms with E-state index in [4.69, 9.17) is 9.97 Å². The minimum absolute atomic E-state index is 0.160. The van der Waals surface area contributed by atoms with Crippen molar-refractivity contribution in [1.82, 2.24) is 24.8 Å². The molecule has 0 amide bonds. The Morgan fingerprint density at radius 3 is 2.55 bits per heavy atom. The molecular weight excluding hydrogens is 418 g/mol. The van der Waals surface area contributed by atoms with E-state index < -0.39 is 6.10 Å². The second-order valence-electron chi connectivity index (χ2n) is 9.06. The van der Waals surface area contributed by atoms with Crippen molar-refractivity contribution in [3.63, 3.8) is 0 Å². The lowest BCUT2D eigenvalue weighted by molar-refractivity contribution is 0.0792. The number of hydrogen-bond donors (Lipinski definition) is 3. The van der Waals surface area contributed by atoms with Gasteiger partial charge in [-0.15, -0.1) is 0 Å². The van der Waals surface area contributed by atoms with E-state index in [1.165, 1.54) is 0 Å². The van der Waals surface area contributed by atoms with Gasteiger partial charge in [-0.25, -0.2) is 19.9 Å². The number of nitrogens with zero attached hydrogens (tertiary/aromatic N) is 6. The SMILES string of the molecule is CC(O)c1cc2cnc(Nc3ccc(CN4CCC(O)CC4)cn3)nc2c(N2CCCC2)n1. The standard InChI is InChI=1S/C24H31N7O2/c1-16(32)20-12-18-14-26-24(29-22(18)23(27-20)31-8-2-3-9-31)28-21-5-4-17(13-25-21)15-30-10-6-19(33)7-11-30/h4-5,12-14,16,19,32-33H,2-3,6-11,15H2,1H3,(H,25,26,28,29). The zero-order valence-electron chi connectivity index (χ0n) is 19.0. The van der Waals surface area contributed by atoms with Crippen LogP contribution in [0.15, 0.2) is 30.6 Å². The van der Waals surface area contributed by atoms with Gasteiger partial charge in [-0.3, -0.25) is 4.90 Å². The summed E-state index contributed by atoms with van der Waals surface area (Å²) in [6.07, 6.45) is 6.77. The van der Waals surface area contributed by atoms with E-state index in [1.54, 1.807) is 13.1 Å². The summed E-state index contributed by atoms with van der Waals surface area (Å²) < 4.78 is 0. The highest BCUT2D eigenvalue weighted by molar-refractivity contribution is 5.89. The molecule has 2 fully saturated rings. The number of aliphatic hydroxyl groups is 2. The Balaban J connectivity index is 1.34. The van der Waals surface area contributed by atoms with E-state index in [9.17, 15) is 10.2 Å². The number of likely N-dealkylation sites (tertiary alicyclic amines) is 1. The topological polar surface area (TPSA) is 111 Å². The third-order valence-corrected chi connectivity index (χ3v) is 6.43. The van der Waals surface area contributed by atoms with Crippen molar-refractivity contribution in [2.45, 2.75) is 51.4 Å². The highest BCUT2D eigenvalue weighted by Crippen LogP contribution is 2.29. The maximum atomic E-state index is 10.1. The molecular formula is C24H31N7O2. The molecule has 5 rings (SSSR count). The molecule has 1 atom stereocenters. The van der Waals surface area contributed by atoms with E-state index >= 15 is 0 Å². The van der Waals surface area contributed by atoms with Crippen LogP contribution in [0.3, 0.4) is 0 Å². The van der Waals surface area contributed by atoms with Crippen molar-refractivity contribution in [3.8, 4) is 0 Å². The van der Waals surface area contributed by atoms with Gasteiger partial charge in [0.05, 0.1) is 17.9 Å². The van der Waals surface area contributed by atoms with Crippen molar-refractivity contribution in [3.05, 3.63) is 41.9 Å². The van der Waals surface area contributed by atoms with Gasteiger partial charge >= 0.3 is 0 Å². The molecule has 0 radical (unpaired) electrons. The van der Waals surface area contributed by atoms with E-state index in [2.05, 4.69) is 31.2 Å². The first-order chi connectivity index (χ1) is 16.0. The van der Waals surface area contributed by atoms with Crippen LogP contribution in [0.1, 0.15) is 50.0 Å². The lowest BCUT2D eigenvalue weighted by Crippen LogP contribution is -2.35. The zero-order chi connectivity index (χ0) is 22.8. The van der Waals surface area contributed by atoms with E-state index in [0.29, 0.717) is 17.5 Å². The van der Waals surface area contributed by atoms with E-state index in [1.807, 2.05) is 18.3 Å². The van der Waals surface area contributed by atoms with Crippen LogP contribution in [0.2, 0.25) is 0 Å². The van der Waals surface area contributed by atoms with E-state index in [-0.39, 0.29) is 6.10 Å². The summed E-state index contributed by atoms with van der Waals surface area (Å²) in [6.45, 7) is 6.27. The van der Waals surface area contributed by atoms with Gasteiger partial charge in [-0.05, 0) is 50.3 Å². The molecule has 3 aromatic rings. The quantitative estimate of drug-likeness (QED) is 0.523. The van der Waals surface area contributed by atoms with Crippen LogP contribution < -0.4 is 10.2 Å². The Hall–Kier alpha value is -2.88. The molecule has 3 N–H and O–H groups in total. The number of aliphatic hydroxyl groups excluding tert-OH is 2. The summed E-state index contributed by atoms with van der Waals surface area (Å²) in [7, 11) is 0. The Kier molecular flexibility index (Phi) is 6.34. The van der Waals surface area contributed by atoms with Gasteiger partial charge in [0.15, 0.2) is 5.82 Å². The number of anilines is 3. The molecule has 0 bridgehead atoms. The normalized spacial score (nSPS) is 18.7. The Morgan fingerprint density at radius 1 is 1.06 bits per heavy atom. The predicted octanol–water partition coefficient (Wildman–Crippen LogP) is 2.77. The van der Waals surface area contributed by atoms with Crippen molar-refractivity contribution >= 4 is 28.5 Å². The van der Waals surface area contributed by atoms with Gasteiger partial charge in [0.2, 0.25) is 5.95 Å². The molecule has 33 heavy (non-hydrogen) atoms. The summed E-state index contributed by atoms with van der Waals surface area (Å²) in [4.78, 5) is 23.1. The van der Waals surface area contributed by atoms with Crippen molar-refractivity contribution < 1.29 is 10.2 Å². The highest BCUT2D eigenvalue weighted by atomic mass is 16.3. The predicted molar refractivity (Wildman–Crippen MR) is 127 cm³/mol. The van der Waals surface area contributed by atoms with Gasteiger partial charge in [0.1, 0.15) is 11.3 Å². The van der Waals surface area contributed by atoms with E-state index in [0.717, 1.165) is 80.7 Å². The fourth-order valence-corrected chi connectivity index (χ4v) is 4.51. The van der Waals surface area contributed by atoms with Crippen LogP contribution in [0, 0.1) is 0 Å². The average molecular weight is 450 g/mol. The van der Waals surface area contributed by atoms with Gasteiger partial charge in [0, 0.05) is 50.5 Å². The molecule has 1 unspecified atom stereocenters. The fraction of sp³-hybridized carbons (Fsp3) is 0.500. The molecule has 2 saturated heterocycles. The second kappa shape index (κ2) is 9.54. The molecule has 5 heterocycles. The first kappa shape index (κ1) is 21.9. The first-order valence-corrected chi connectivity index (χ1v) is 11.8. The average Bonchev–Trinajstić information content (AvgIpc) is 3.36. The summed E-state index contributed by atoms with van der Waals surface area (Å²) in [5, 5.41) is 23.8. The van der Waals surface area contributed by atoms with Crippen molar-refractivity contribution in [2.75, 3.05) is 36.4 Å². The maximum Gasteiger partial charge on any atom is 0.229 e. The van der Waals surface area contributed by atoms with Gasteiger partial charge < -0.3 is 20.4 Å². The van der Waals surface area contributed by atoms with Crippen LogP contribution in [0.4, 0.5) is 17.6 Å². The number of aromatic nitrogens is 4. The monoisotopic (exact) mass is 449 g/mol. The number of fused-ring (bicyclic) bond motifs is 1. The molecule has 3 aromatic heterocycles. The molecule has 0 spiro atoms. The summed E-state index contributed by atoms with van der Waals surface area (Å²) in [5.74, 6) is 1.96. The Bertz CT molecular complexity index is 1090. The summed E-state index contributed by atoms with van der Waals surface area (Å²) in [6, 6.07) is 5.86. The Labute approximate surface area is 193 Å². The summed E-state index contributed by atoms with van der Waals surface area (Å²) >= 11 is 0. The molecule has 0 saturated carbocycles. The van der Waals surface area contributed by atoms with Crippen LogP contribution in [-0.4, -0.2) is 67.3 Å². The minimum atomic E-state index is -0.647. The third kappa shape index (κ3) is 5.05. The molecule has 2 aliphatic rings. The van der Waals surface area contributed by atoms with Crippen molar-refractivity contribution in [2.24, 2.45) is 0 Å². The number of piperidine rings is 1. The number of pyridine rings is 2. The van der Waals surface area contributed by atoms with Crippen LogP contribution in [0.5, 0.6) is 0 Å². The van der Waals surface area contributed by atoms with Gasteiger partial charge in [-0.1, -0.05) is 6.07 Å². The first-order valence-electron chi connectivity index (χ1n) is 11.8. The zero-order valence-corrected chi connectivity index (χ0v) is 19.0. The number of hydrogen-bond acceptors (Lipinski definition) is 9. The minimum Gasteiger partial charge on any atom is -0.393 e. The van der Waals surface area contributed by atoms with Gasteiger partial charge in [0.25, 0.3) is 0 Å². The third-order valence-electron chi connectivity index (χ3n) is 6.43. The molecule has 0 aromatic carbocycles. The lowest BCUT2D eigenvalue weighted by Gasteiger charge is -2.29. The lowest BCUT2D eigenvalue weighted by atomic mass is 10.1. The molecule has 9 nitrogen and oxygen atoms in total. The largest absolute Gasteiger partial charge is 0.393 e. The van der Waals surface area contributed by atoms with Crippen molar-refractivity contribution in [1.29, 1.82) is 0 Å². The fourth-order valence-electron chi connectivity index (χ4n) is 4.51. The maximum absolute atomic E-state index is 10.1. The van der Waals surface area contributed by atoms with Gasteiger partial charge in [-0.2, -0.15) is 0 Å². The van der Waals surface area contributed by atoms with Crippen LogP contribution in [0.25, 0.3) is 10.9 Å². The Morgan fingerprint density at radius 2 is 1.85 bits per heavy atom. The molecule has 0 aliphatic carbocycles. The van der Waals surface area contributed by atoms with Crippen LogP contribution in [-0.2, 0) is 6.54 Å². The molecule has 9 heteroatoms. The molecule has 174 valence electrons. The second-order valence-corrected chi connectivity index (χ2v) is 9.06. The number of nitrogens with one attached hydrogen (secondary N) is 1.